The van der Waals surface area contributed by atoms with Gasteiger partial charge in [0.1, 0.15) is 29.4 Å². The summed E-state index contributed by atoms with van der Waals surface area (Å²) in [6.45, 7) is 9.11. The average molecular weight is 675 g/mol. The molecule has 2 N–H and O–H groups in total. The lowest BCUT2D eigenvalue weighted by atomic mass is 9.82. The van der Waals surface area contributed by atoms with Crippen molar-refractivity contribution < 1.29 is 22.6 Å². The third-order valence-electron chi connectivity index (χ3n) is 7.92. The highest BCUT2D eigenvalue weighted by Crippen LogP contribution is 2.43. The third kappa shape index (κ3) is 8.02. The topological polar surface area (TPSA) is 133 Å². The number of nitriles is 2. The largest absolute Gasteiger partial charge is 0.497 e. The van der Waals surface area contributed by atoms with Crippen molar-refractivity contribution in [3.05, 3.63) is 108 Å². The van der Waals surface area contributed by atoms with Gasteiger partial charge in [-0.25, -0.2) is 13.1 Å². The molecule has 5 aromatic rings. The smallest absolute Gasteiger partial charge is 0.240 e. The Morgan fingerprint density at radius 1 is 0.837 bits per heavy atom. The molecular weight excluding hydrogens is 637 g/mol. The van der Waals surface area contributed by atoms with E-state index in [1.807, 2.05) is 61.5 Å². The van der Waals surface area contributed by atoms with Gasteiger partial charge in [-0.05, 0) is 89.5 Å². The Hall–Kier alpha value is -5.39. The predicted octanol–water partition coefficient (Wildman–Crippen LogP) is 8.41. The Morgan fingerprint density at radius 2 is 1.53 bits per heavy atom. The second-order valence-corrected chi connectivity index (χ2v) is 14.1. The van der Waals surface area contributed by atoms with E-state index >= 15 is 0 Å². The Kier molecular flexibility index (Phi) is 10.5. The molecule has 0 amide bonds. The van der Waals surface area contributed by atoms with Crippen LogP contribution >= 0.6 is 0 Å². The van der Waals surface area contributed by atoms with Crippen LogP contribution in [-0.2, 0) is 20.2 Å². The second-order valence-electron chi connectivity index (χ2n) is 12.3. The molecule has 0 unspecified atom stereocenters. The van der Waals surface area contributed by atoms with E-state index in [-0.39, 0.29) is 34.6 Å². The molecule has 0 aliphatic rings. The number of fused-ring (bicyclic) bond motifs is 1. The number of nitrogens with zero attached hydrogens (tertiary/aromatic N) is 2. The summed E-state index contributed by atoms with van der Waals surface area (Å²) in [5.41, 5.74) is 3.86. The van der Waals surface area contributed by atoms with Crippen LogP contribution in [0.3, 0.4) is 0 Å². The lowest BCUT2D eigenvalue weighted by Gasteiger charge is -2.24. The molecule has 0 aliphatic heterocycles. The Balaban J connectivity index is 1.64. The number of nitrogens with one attached hydrogen (secondary N) is 2. The van der Waals surface area contributed by atoms with Crippen molar-refractivity contribution in [1.29, 1.82) is 10.5 Å². The molecular formula is C39H38N4O5S. The molecule has 0 heterocycles. The van der Waals surface area contributed by atoms with Gasteiger partial charge in [-0.2, -0.15) is 10.5 Å². The van der Waals surface area contributed by atoms with Crippen molar-refractivity contribution in [2.75, 3.05) is 32.2 Å². The molecule has 5 aromatic carbocycles. The summed E-state index contributed by atoms with van der Waals surface area (Å²) >= 11 is 0. The molecule has 0 bridgehead atoms. The molecule has 0 saturated carbocycles. The first-order valence-corrected chi connectivity index (χ1v) is 17.3. The summed E-state index contributed by atoms with van der Waals surface area (Å²) in [6, 6.07) is 31.5. The van der Waals surface area contributed by atoms with Crippen molar-refractivity contribution in [3.63, 3.8) is 0 Å². The molecule has 0 atom stereocenters. The zero-order valence-corrected chi connectivity index (χ0v) is 28.9. The first kappa shape index (κ1) is 34.9. The van der Waals surface area contributed by atoms with Gasteiger partial charge in [0.2, 0.25) is 10.0 Å². The van der Waals surface area contributed by atoms with E-state index in [0.29, 0.717) is 46.4 Å². The van der Waals surface area contributed by atoms with Crippen LogP contribution in [0.15, 0.2) is 95.9 Å². The molecule has 0 aromatic heterocycles. The molecule has 0 radical (unpaired) electrons. The predicted molar refractivity (Wildman–Crippen MR) is 192 cm³/mol. The number of hydrogen-bond donors (Lipinski definition) is 2. The fraction of sp³-hybridized carbons (Fsp3) is 0.231. The van der Waals surface area contributed by atoms with Crippen molar-refractivity contribution >= 4 is 32.2 Å². The van der Waals surface area contributed by atoms with E-state index in [0.717, 1.165) is 16.3 Å². The zero-order chi connectivity index (χ0) is 35.2. The molecule has 5 rings (SSSR count). The molecule has 10 heteroatoms. The van der Waals surface area contributed by atoms with E-state index in [4.69, 9.17) is 14.2 Å². The summed E-state index contributed by atoms with van der Waals surface area (Å²) < 4.78 is 45.0. The van der Waals surface area contributed by atoms with Crippen LogP contribution in [0.4, 0.5) is 11.4 Å². The van der Waals surface area contributed by atoms with Crippen LogP contribution in [0.25, 0.3) is 21.9 Å². The number of hydrogen-bond acceptors (Lipinski definition) is 8. The first-order chi connectivity index (χ1) is 23.5. The average Bonchev–Trinajstić information content (AvgIpc) is 3.09. The summed E-state index contributed by atoms with van der Waals surface area (Å²) in [4.78, 5) is 0.127. The van der Waals surface area contributed by atoms with Crippen LogP contribution in [-0.4, -0.2) is 35.3 Å². The lowest BCUT2D eigenvalue weighted by molar-refractivity contribution is 0.153. The number of methoxy groups -OCH3 is 1. The highest BCUT2D eigenvalue weighted by molar-refractivity contribution is 7.89. The van der Waals surface area contributed by atoms with Gasteiger partial charge < -0.3 is 19.5 Å². The molecule has 0 spiro atoms. The standard InChI is InChI=1S/C39H38N4O5S/c1-6-47-18-17-42-49(44,45)34-15-13-30(14-16-34)43-36-22-29(39(2,3)4)20-27-19-28(24-40)35(25-41)37(38(27)36)26-9-7-11-32(21-26)48-33-12-8-10-31(23-33)46-5/h7-16,19-23,42-43H,6,17-18H2,1-5H3. The quantitative estimate of drug-likeness (QED) is 0.126. The van der Waals surface area contributed by atoms with Crippen molar-refractivity contribution in [2.45, 2.75) is 38.0 Å². The molecule has 0 saturated heterocycles. The summed E-state index contributed by atoms with van der Waals surface area (Å²) in [6.07, 6.45) is 0. The van der Waals surface area contributed by atoms with Gasteiger partial charge in [0.25, 0.3) is 0 Å². The van der Waals surface area contributed by atoms with Crippen molar-refractivity contribution in [1.82, 2.24) is 4.72 Å². The Labute approximate surface area is 287 Å². The minimum absolute atomic E-state index is 0.127. The molecule has 0 fully saturated rings. The minimum atomic E-state index is -3.72. The first-order valence-electron chi connectivity index (χ1n) is 15.8. The zero-order valence-electron chi connectivity index (χ0n) is 28.1. The Morgan fingerprint density at radius 3 is 2.18 bits per heavy atom. The fourth-order valence-corrected chi connectivity index (χ4v) is 6.45. The highest BCUT2D eigenvalue weighted by Gasteiger charge is 2.23. The number of sulfonamides is 1. The summed E-state index contributed by atoms with van der Waals surface area (Å²) in [5, 5.41) is 25.6. The SMILES string of the molecule is CCOCCNS(=O)(=O)c1ccc(Nc2cc(C(C)(C)C)cc3cc(C#N)c(C#N)c(-c4cccc(Oc5cccc(OC)c5)c4)c23)cc1. The van der Waals surface area contributed by atoms with Crippen LogP contribution < -0.4 is 19.5 Å². The van der Waals surface area contributed by atoms with Gasteiger partial charge in [0.15, 0.2) is 0 Å². The number of rotatable bonds is 12. The van der Waals surface area contributed by atoms with Crippen LogP contribution in [0, 0.1) is 22.7 Å². The maximum Gasteiger partial charge on any atom is 0.240 e. The fourth-order valence-electron chi connectivity index (χ4n) is 5.43. The van der Waals surface area contributed by atoms with E-state index in [9.17, 15) is 18.9 Å². The maximum atomic E-state index is 12.8. The van der Waals surface area contributed by atoms with E-state index in [1.54, 1.807) is 31.4 Å². The van der Waals surface area contributed by atoms with Gasteiger partial charge >= 0.3 is 0 Å². The van der Waals surface area contributed by atoms with Gasteiger partial charge in [-0.15, -0.1) is 0 Å². The molecule has 0 aliphatic carbocycles. The van der Waals surface area contributed by atoms with E-state index < -0.39 is 10.0 Å². The van der Waals surface area contributed by atoms with Gasteiger partial charge in [0.05, 0.1) is 29.7 Å². The van der Waals surface area contributed by atoms with Crippen LogP contribution in [0.2, 0.25) is 0 Å². The number of ether oxygens (including phenoxy) is 3. The van der Waals surface area contributed by atoms with Crippen molar-refractivity contribution in [3.8, 4) is 40.5 Å². The monoisotopic (exact) mass is 674 g/mol. The Bertz CT molecular complexity index is 2180. The highest BCUT2D eigenvalue weighted by atomic mass is 32.2. The normalized spacial score (nSPS) is 11.5. The second kappa shape index (κ2) is 14.8. The van der Waals surface area contributed by atoms with Crippen LogP contribution in [0.1, 0.15) is 44.4 Å². The van der Waals surface area contributed by atoms with Gasteiger partial charge in [-0.3, -0.25) is 0 Å². The molecule has 250 valence electrons. The number of benzene rings is 5. The molecule has 9 nitrogen and oxygen atoms in total. The third-order valence-corrected chi connectivity index (χ3v) is 9.40. The van der Waals surface area contributed by atoms with Crippen molar-refractivity contribution in [2.24, 2.45) is 0 Å². The van der Waals surface area contributed by atoms with Gasteiger partial charge in [-0.1, -0.05) is 45.0 Å². The summed E-state index contributed by atoms with van der Waals surface area (Å²) in [5.74, 6) is 1.78. The number of anilines is 2. The lowest BCUT2D eigenvalue weighted by Crippen LogP contribution is -2.27. The maximum absolute atomic E-state index is 12.8. The summed E-state index contributed by atoms with van der Waals surface area (Å²) in [7, 11) is -2.14. The van der Waals surface area contributed by atoms with Gasteiger partial charge in [0, 0.05) is 41.5 Å². The van der Waals surface area contributed by atoms with E-state index in [1.165, 1.54) is 12.1 Å². The van der Waals surface area contributed by atoms with E-state index in [2.05, 4.69) is 42.9 Å². The minimum Gasteiger partial charge on any atom is -0.497 e. The molecule has 49 heavy (non-hydrogen) atoms. The van der Waals surface area contributed by atoms with Crippen LogP contribution in [0.5, 0.6) is 17.2 Å².